The first kappa shape index (κ1) is 7.84. The van der Waals surface area contributed by atoms with E-state index in [0.29, 0.717) is 0 Å². The molecule has 0 spiro atoms. The van der Waals surface area contributed by atoms with Gasteiger partial charge in [-0.15, -0.1) is 0 Å². The van der Waals surface area contributed by atoms with Crippen LogP contribution in [0.1, 0.15) is 31.2 Å². The minimum atomic E-state index is 0.948. The van der Waals surface area contributed by atoms with Crippen LogP contribution in [0.25, 0.3) is 0 Å². The molecule has 1 heterocycles. The van der Waals surface area contributed by atoms with Gasteiger partial charge in [0.05, 0.1) is 12.0 Å². The van der Waals surface area contributed by atoms with Crippen molar-refractivity contribution in [2.45, 2.75) is 39.7 Å². The Kier molecular flexibility index (Phi) is 1.91. The molecular weight excluding hydrogens is 148 g/mol. The Morgan fingerprint density at radius 3 is 2.92 bits per heavy atom. The van der Waals surface area contributed by atoms with Crippen molar-refractivity contribution in [2.24, 2.45) is 5.92 Å². The van der Waals surface area contributed by atoms with Crippen LogP contribution in [0.2, 0.25) is 0 Å². The lowest BCUT2D eigenvalue weighted by Gasteiger charge is -2.05. The summed E-state index contributed by atoms with van der Waals surface area (Å²) in [5.74, 6) is 0.948. The topological polar surface area (TPSA) is 17.8 Å². The maximum Gasteiger partial charge on any atom is 0.0951 e. The molecule has 66 valence electrons. The Bertz CT molecular complexity index is 271. The van der Waals surface area contributed by atoms with Crippen LogP contribution in [0.4, 0.5) is 0 Å². The van der Waals surface area contributed by atoms with E-state index in [-0.39, 0.29) is 0 Å². The van der Waals surface area contributed by atoms with Gasteiger partial charge in [-0.2, -0.15) is 0 Å². The molecule has 0 unspecified atom stereocenters. The molecule has 0 aromatic carbocycles. The third-order valence-electron chi connectivity index (χ3n) is 2.64. The molecule has 1 aliphatic carbocycles. The molecule has 2 heteroatoms. The molecule has 0 radical (unpaired) electrons. The molecule has 0 bridgehead atoms. The SMILES string of the molecule is CCc1c(C)ncn1CC1CC1. The van der Waals surface area contributed by atoms with Gasteiger partial charge in [0.15, 0.2) is 0 Å². The molecule has 0 atom stereocenters. The third kappa shape index (κ3) is 1.38. The molecule has 0 N–H and O–H groups in total. The van der Waals surface area contributed by atoms with Gasteiger partial charge in [-0.3, -0.25) is 0 Å². The van der Waals surface area contributed by atoms with Crippen molar-refractivity contribution in [3.8, 4) is 0 Å². The summed E-state index contributed by atoms with van der Waals surface area (Å²) in [7, 11) is 0. The molecule has 12 heavy (non-hydrogen) atoms. The molecule has 1 aliphatic rings. The summed E-state index contributed by atoms with van der Waals surface area (Å²) in [6, 6.07) is 0. The lowest BCUT2D eigenvalue weighted by Crippen LogP contribution is -2.03. The smallest absolute Gasteiger partial charge is 0.0951 e. The van der Waals surface area contributed by atoms with E-state index in [4.69, 9.17) is 0 Å². The van der Waals surface area contributed by atoms with Gasteiger partial charge >= 0.3 is 0 Å². The standard InChI is InChI=1S/C10H16N2/c1-3-10-8(2)11-7-12(10)6-9-4-5-9/h7,9H,3-6H2,1-2H3. The largest absolute Gasteiger partial charge is 0.334 e. The fourth-order valence-corrected chi connectivity index (χ4v) is 1.70. The van der Waals surface area contributed by atoms with E-state index in [9.17, 15) is 0 Å². The highest BCUT2D eigenvalue weighted by Crippen LogP contribution is 2.31. The molecule has 1 saturated carbocycles. The average molecular weight is 164 g/mol. The van der Waals surface area contributed by atoms with Crippen LogP contribution in [0.3, 0.4) is 0 Å². The predicted octanol–water partition coefficient (Wildman–Crippen LogP) is 2.16. The quantitative estimate of drug-likeness (QED) is 0.669. The second-order valence-electron chi connectivity index (χ2n) is 3.73. The van der Waals surface area contributed by atoms with E-state index >= 15 is 0 Å². The van der Waals surface area contributed by atoms with Crippen LogP contribution in [-0.2, 0) is 13.0 Å². The summed E-state index contributed by atoms with van der Waals surface area (Å²) in [6.07, 6.45) is 5.94. The van der Waals surface area contributed by atoms with Gasteiger partial charge in [0.1, 0.15) is 0 Å². The van der Waals surface area contributed by atoms with Crippen molar-refractivity contribution in [3.63, 3.8) is 0 Å². The Hall–Kier alpha value is -0.790. The molecule has 2 rings (SSSR count). The van der Waals surface area contributed by atoms with Crippen molar-refractivity contribution in [3.05, 3.63) is 17.7 Å². The zero-order valence-electron chi connectivity index (χ0n) is 7.88. The first-order valence-corrected chi connectivity index (χ1v) is 4.82. The third-order valence-corrected chi connectivity index (χ3v) is 2.64. The Morgan fingerprint density at radius 1 is 1.58 bits per heavy atom. The van der Waals surface area contributed by atoms with Crippen LogP contribution in [0.5, 0.6) is 0 Å². The van der Waals surface area contributed by atoms with Crippen LogP contribution in [0, 0.1) is 12.8 Å². The Labute approximate surface area is 73.6 Å². The number of aromatic nitrogens is 2. The number of rotatable bonds is 3. The minimum absolute atomic E-state index is 0.948. The first-order valence-electron chi connectivity index (χ1n) is 4.82. The van der Waals surface area contributed by atoms with E-state index in [2.05, 4.69) is 23.4 Å². The number of hydrogen-bond donors (Lipinski definition) is 0. The summed E-state index contributed by atoms with van der Waals surface area (Å²) in [6.45, 7) is 5.50. The van der Waals surface area contributed by atoms with Crippen molar-refractivity contribution < 1.29 is 0 Å². The number of hydrogen-bond acceptors (Lipinski definition) is 1. The maximum absolute atomic E-state index is 4.33. The maximum atomic E-state index is 4.33. The van der Waals surface area contributed by atoms with E-state index in [1.807, 2.05) is 6.33 Å². The summed E-state index contributed by atoms with van der Waals surface area (Å²) < 4.78 is 2.33. The van der Waals surface area contributed by atoms with Crippen LogP contribution in [-0.4, -0.2) is 9.55 Å². The van der Waals surface area contributed by atoms with Gasteiger partial charge in [0, 0.05) is 12.2 Å². The van der Waals surface area contributed by atoms with Gasteiger partial charge in [-0.1, -0.05) is 6.92 Å². The first-order chi connectivity index (χ1) is 5.81. The number of imidazole rings is 1. The van der Waals surface area contributed by atoms with Gasteiger partial charge in [0.2, 0.25) is 0 Å². The lowest BCUT2D eigenvalue weighted by molar-refractivity contribution is 0.603. The van der Waals surface area contributed by atoms with E-state index in [1.54, 1.807) is 0 Å². The summed E-state index contributed by atoms with van der Waals surface area (Å²) in [5.41, 5.74) is 2.63. The van der Waals surface area contributed by atoms with Crippen LogP contribution >= 0.6 is 0 Å². The molecular formula is C10H16N2. The molecule has 1 fully saturated rings. The summed E-state index contributed by atoms with van der Waals surface area (Å²) in [5, 5.41) is 0. The monoisotopic (exact) mass is 164 g/mol. The Balaban J connectivity index is 2.16. The van der Waals surface area contributed by atoms with Gasteiger partial charge in [-0.25, -0.2) is 4.98 Å². The molecule has 0 saturated heterocycles. The average Bonchev–Trinajstić information content (AvgIpc) is 2.78. The van der Waals surface area contributed by atoms with Crippen LogP contribution in [0.15, 0.2) is 6.33 Å². The Morgan fingerprint density at radius 2 is 2.33 bits per heavy atom. The summed E-state index contributed by atoms with van der Waals surface area (Å²) in [4.78, 5) is 4.33. The highest BCUT2D eigenvalue weighted by molar-refractivity contribution is 5.11. The van der Waals surface area contributed by atoms with Crippen LogP contribution < -0.4 is 0 Å². The molecule has 2 nitrogen and oxygen atoms in total. The fourth-order valence-electron chi connectivity index (χ4n) is 1.70. The second-order valence-corrected chi connectivity index (χ2v) is 3.73. The molecule has 1 aromatic heterocycles. The van der Waals surface area contributed by atoms with Crippen molar-refractivity contribution in [1.82, 2.24) is 9.55 Å². The molecule has 0 amide bonds. The van der Waals surface area contributed by atoms with Crippen molar-refractivity contribution in [1.29, 1.82) is 0 Å². The van der Waals surface area contributed by atoms with Gasteiger partial charge < -0.3 is 4.57 Å². The number of nitrogens with zero attached hydrogens (tertiary/aromatic N) is 2. The van der Waals surface area contributed by atoms with Crippen molar-refractivity contribution >= 4 is 0 Å². The minimum Gasteiger partial charge on any atom is -0.334 e. The lowest BCUT2D eigenvalue weighted by atomic mass is 10.2. The fraction of sp³-hybridized carbons (Fsp3) is 0.700. The van der Waals surface area contributed by atoms with E-state index in [1.165, 1.54) is 30.8 Å². The van der Waals surface area contributed by atoms with Gasteiger partial charge in [-0.05, 0) is 32.1 Å². The highest BCUT2D eigenvalue weighted by Gasteiger charge is 2.22. The zero-order chi connectivity index (χ0) is 8.55. The molecule has 0 aliphatic heterocycles. The van der Waals surface area contributed by atoms with Crippen molar-refractivity contribution in [2.75, 3.05) is 0 Å². The predicted molar refractivity (Wildman–Crippen MR) is 49.1 cm³/mol. The second kappa shape index (κ2) is 2.92. The number of aryl methyl sites for hydroxylation is 1. The van der Waals surface area contributed by atoms with Gasteiger partial charge in [0.25, 0.3) is 0 Å². The highest BCUT2D eigenvalue weighted by atomic mass is 15.1. The normalized spacial score (nSPS) is 16.8. The van der Waals surface area contributed by atoms with E-state index in [0.717, 1.165) is 12.3 Å². The molecule has 1 aromatic rings. The zero-order valence-corrected chi connectivity index (χ0v) is 7.88. The summed E-state index contributed by atoms with van der Waals surface area (Å²) >= 11 is 0. The van der Waals surface area contributed by atoms with E-state index < -0.39 is 0 Å².